The largest absolute Gasteiger partial charge is 0.346 e. The Labute approximate surface area is 67.5 Å². The highest BCUT2D eigenvalue weighted by atomic mass is 16.2. The van der Waals surface area contributed by atoms with E-state index in [9.17, 15) is 4.79 Å². The third-order valence-corrected chi connectivity index (χ3v) is 1.48. The Bertz CT molecular complexity index is 116. The van der Waals surface area contributed by atoms with E-state index in [4.69, 9.17) is 11.5 Å². The first-order valence-corrected chi connectivity index (χ1v) is 3.86. The Balaban J connectivity index is 3.46. The first-order valence-electron chi connectivity index (χ1n) is 3.86. The van der Waals surface area contributed by atoms with Crippen LogP contribution in [0.25, 0.3) is 0 Å². The Kier molecular flexibility index (Phi) is 5.78. The minimum atomic E-state index is 0.0981. The molecule has 0 bridgehead atoms. The van der Waals surface area contributed by atoms with E-state index in [1.54, 1.807) is 11.9 Å². The standard InChI is InChI=1S/C7H17N3O/c1-10(6-2-4-8)7(11)3-5-9/h2-6,8-9H2,1H3. The fourth-order valence-corrected chi connectivity index (χ4v) is 0.767. The van der Waals surface area contributed by atoms with Crippen LogP contribution in [0.15, 0.2) is 0 Å². The van der Waals surface area contributed by atoms with Crippen LogP contribution in [0, 0.1) is 0 Å². The summed E-state index contributed by atoms with van der Waals surface area (Å²) in [6.45, 7) is 1.78. The zero-order chi connectivity index (χ0) is 8.69. The molecule has 1 amide bonds. The Morgan fingerprint density at radius 3 is 2.45 bits per heavy atom. The molecule has 0 heterocycles. The molecule has 0 radical (unpaired) electrons. The average Bonchev–Trinajstić information content (AvgIpc) is 2.00. The van der Waals surface area contributed by atoms with Crippen LogP contribution in [0.2, 0.25) is 0 Å². The van der Waals surface area contributed by atoms with Crippen LogP contribution in [-0.2, 0) is 4.79 Å². The molecule has 0 saturated heterocycles. The van der Waals surface area contributed by atoms with Crippen LogP contribution in [0.5, 0.6) is 0 Å². The van der Waals surface area contributed by atoms with E-state index in [-0.39, 0.29) is 5.91 Å². The van der Waals surface area contributed by atoms with E-state index in [1.165, 1.54) is 0 Å². The SMILES string of the molecule is CN(CCCN)C(=O)CCN. The van der Waals surface area contributed by atoms with Crippen molar-refractivity contribution in [2.75, 3.05) is 26.7 Å². The molecule has 0 aromatic rings. The molecule has 0 aliphatic rings. The molecule has 0 aromatic heterocycles. The van der Waals surface area contributed by atoms with Crippen LogP contribution < -0.4 is 11.5 Å². The molecule has 0 fully saturated rings. The zero-order valence-electron chi connectivity index (χ0n) is 7.05. The Morgan fingerprint density at radius 1 is 1.36 bits per heavy atom. The minimum Gasteiger partial charge on any atom is -0.346 e. The lowest BCUT2D eigenvalue weighted by molar-refractivity contribution is -0.129. The molecule has 4 heteroatoms. The second-order valence-corrected chi connectivity index (χ2v) is 2.50. The fourth-order valence-electron chi connectivity index (χ4n) is 0.767. The van der Waals surface area contributed by atoms with Gasteiger partial charge in [0.25, 0.3) is 0 Å². The van der Waals surface area contributed by atoms with Crippen molar-refractivity contribution in [1.29, 1.82) is 0 Å². The summed E-state index contributed by atoms with van der Waals surface area (Å²) in [6.07, 6.45) is 1.29. The molecule has 0 aliphatic carbocycles. The maximum atomic E-state index is 11.1. The summed E-state index contributed by atoms with van der Waals surface area (Å²) in [4.78, 5) is 12.7. The lowest BCUT2D eigenvalue weighted by Gasteiger charge is -2.15. The number of nitrogens with zero attached hydrogens (tertiary/aromatic N) is 1. The molecule has 0 unspecified atom stereocenters. The summed E-state index contributed by atoms with van der Waals surface area (Å²) in [6, 6.07) is 0. The van der Waals surface area contributed by atoms with Crippen LogP contribution in [0.3, 0.4) is 0 Å². The summed E-state index contributed by atoms with van der Waals surface area (Å²) >= 11 is 0. The van der Waals surface area contributed by atoms with Crippen molar-refractivity contribution in [1.82, 2.24) is 4.90 Å². The smallest absolute Gasteiger partial charge is 0.223 e. The van der Waals surface area contributed by atoms with Crippen LogP contribution >= 0.6 is 0 Å². The maximum Gasteiger partial charge on any atom is 0.223 e. The van der Waals surface area contributed by atoms with Gasteiger partial charge in [0, 0.05) is 26.6 Å². The van der Waals surface area contributed by atoms with Gasteiger partial charge in [-0.1, -0.05) is 0 Å². The molecule has 4 N–H and O–H groups in total. The highest BCUT2D eigenvalue weighted by Crippen LogP contribution is 1.90. The highest BCUT2D eigenvalue weighted by Gasteiger charge is 2.05. The van der Waals surface area contributed by atoms with Gasteiger partial charge in [0.1, 0.15) is 0 Å². The van der Waals surface area contributed by atoms with Crippen LogP contribution in [0.4, 0.5) is 0 Å². The van der Waals surface area contributed by atoms with E-state index < -0.39 is 0 Å². The third-order valence-electron chi connectivity index (χ3n) is 1.48. The minimum absolute atomic E-state index is 0.0981. The van der Waals surface area contributed by atoms with Crippen molar-refractivity contribution < 1.29 is 4.79 Å². The molecular weight excluding hydrogens is 142 g/mol. The van der Waals surface area contributed by atoms with E-state index in [0.29, 0.717) is 19.5 Å². The normalized spacial score (nSPS) is 9.73. The molecule has 0 rings (SSSR count). The molecule has 0 saturated carbocycles. The van der Waals surface area contributed by atoms with Gasteiger partial charge >= 0.3 is 0 Å². The number of carbonyl (C=O) groups excluding carboxylic acids is 1. The molecule has 4 nitrogen and oxygen atoms in total. The number of amides is 1. The summed E-state index contributed by atoms with van der Waals surface area (Å²) in [7, 11) is 1.77. The molecule has 0 aromatic carbocycles. The first-order chi connectivity index (χ1) is 5.22. The quantitative estimate of drug-likeness (QED) is 0.548. The molecule has 11 heavy (non-hydrogen) atoms. The van der Waals surface area contributed by atoms with Gasteiger partial charge < -0.3 is 16.4 Å². The van der Waals surface area contributed by atoms with Gasteiger partial charge in [-0.15, -0.1) is 0 Å². The molecule has 0 aliphatic heterocycles. The summed E-state index contributed by atoms with van der Waals surface area (Å²) in [5, 5.41) is 0. The van der Waals surface area contributed by atoms with Crippen molar-refractivity contribution in [3.63, 3.8) is 0 Å². The summed E-state index contributed by atoms with van der Waals surface area (Å²) < 4.78 is 0. The third kappa shape index (κ3) is 4.75. The number of hydrogen-bond acceptors (Lipinski definition) is 3. The maximum absolute atomic E-state index is 11.1. The van der Waals surface area contributed by atoms with Crippen molar-refractivity contribution in [2.45, 2.75) is 12.8 Å². The van der Waals surface area contributed by atoms with E-state index >= 15 is 0 Å². The predicted octanol–water partition coefficient (Wildman–Crippen LogP) is -0.858. The van der Waals surface area contributed by atoms with E-state index in [0.717, 1.165) is 13.0 Å². The van der Waals surface area contributed by atoms with Crippen LogP contribution in [-0.4, -0.2) is 37.5 Å². The lowest BCUT2D eigenvalue weighted by Crippen LogP contribution is -2.30. The van der Waals surface area contributed by atoms with Gasteiger partial charge in [0.15, 0.2) is 0 Å². The fraction of sp³-hybridized carbons (Fsp3) is 0.857. The van der Waals surface area contributed by atoms with Gasteiger partial charge in [-0.3, -0.25) is 4.79 Å². The van der Waals surface area contributed by atoms with Gasteiger partial charge in [0.05, 0.1) is 0 Å². The summed E-state index contributed by atoms with van der Waals surface area (Å²) in [5.74, 6) is 0.0981. The number of hydrogen-bond donors (Lipinski definition) is 2. The number of nitrogens with two attached hydrogens (primary N) is 2. The predicted molar refractivity (Wildman–Crippen MR) is 45.0 cm³/mol. The lowest BCUT2D eigenvalue weighted by atomic mass is 10.3. The summed E-state index contributed by atoms with van der Waals surface area (Å²) in [5.41, 5.74) is 10.5. The highest BCUT2D eigenvalue weighted by molar-refractivity contribution is 5.75. The van der Waals surface area contributed by atoms with Gasteiger partial charge in [0.2, 0.25) is 5.91 Å². The number of rotatable bonds is 5. The van der Waals surface area contributed by atoms with E-state index in [2.05, 4.69) is 0 Å². The van der Waals surface area contributed by atoms with Crippen molar-refractivity contribution >= 4 is 5.91 Å². The molecular formula is C7H17N3O. The molecule has 0 atom stereocenters. The Hall–Kier alpha value is -0.610. The topological polar surface area (TPSA) is 72.3 Å². The number of carbonyl (C=O) groups is 1. The zero-order valence-corrected chi connectivity index (χ0v) is 7.05. The van der Waals surface area contributed by atoms with Gasteiger partial charge in [-0.2, -0.15) is 0 Å². The van der Waals surface area contributed by atoms with Crippen molar-refractivity contribution in [3.8, 4) is 0 Å². The Morgan fingerprint density at radius 2 is 2.00 bits per heavy atom. The monoisotopic (exact) mass is 159 g/mol. The molecule has 0 spiro atoms. The van der Waals surface area contributed by atoms with E-state index in [1.807, 2.05) is 0 Å². The second-order valence-electron chi connectivity index (χ2n) is 2.50. The average molecular weight is 159 g/mol. The second kappa shape index (κ2) is 6.12. The molecule has 66 valence electrons. The van der Waals surface area contributed by atoms with Crippen molar-refractivity contribution in [2.24, 2.45) is 11.5 Å². The van der Waals surface area contributed by atoms with Crippen LogP contribution in [0.1, 0.15) is 12.8 Å². The van der Waals surface area contributed by atoms with Crippen molar-refractivity contribution in [3.05, 3.63) is 0 Å². The van der Waals surface area contributed by atoms with Gasteiger partial charge in [-0.25, -0.2) is 0 Å². The first kappa shape index (κ1) is 10.4. The van der Waals surface area contributed by atoms with Gasteiger partial charge in [-0.05, 0) is 13.0 Å².